The van der Waals surface area contributed by atoms with Crippen LogP contribution in [0, 0.1) is 0 Å². The molecule has 1 aromatic carbocycles. The monoisotopic (exact) mass is 271 g/mol. The third-order valence-corrected chi connectivity index (χ3v) is 2.95. The van der Waals surface area contributed by atoms with Crippen molar-refractivity contribution >= 4 is 19.8 Å². The zero-order valence-electron chi connectivity index (χ0n) is 10.0. The van der Waals surface area contributed by atoms with Crippen LogP contribution in [-0.4, -0.2) is 20.2 Å². The Morgan fingerprint density at radius 2 is 1.89 bits per heavy atom. The lowest BCUT2D eigenvalue weighted by atomic mass is 10.2. The fourth-order valence-electron chi connectivity index (χ4n) is 1.06. The summed E-state index contributed by atoms with van der Waals surface area (Å²) < 4.78 is 25.3. The zero-order chi connectivity index (χ0) is 13.6. The maximum absolute atomic E-state index is 11.3. The molecule has 7 heteroatoms. The van der Waals surface area contributed by atoms with Crippen LogP contribution in [0.15, 0.2) is 30.3 Å². The van der Waals surface area contributed by atoms with Crippen molar-refractivity contribution < 1.29 is 23.1 Å². The lowest BCUT2D eigenvalue weighted by Gasteiger charge is -2.11. The van der Waals surface area contributed by atoms with Crippen LogP contribution in [0.3, 0.4) is 0 Å². The molecule has 0 aliphatic carbocycles. The second-order valence-corrected chi connectivity index (χ2v) is 4.87. The highest BCUT2D eigenvalue weighted by Crippen LogP contribution is 2.38. The number of esters is 1. The number of rotatable bonds is 5. The van der Waals surface area contributed by atoms with Crippen molar-refractivity contribution in [2.75, 3.05) is 14.2 Å². The molecular weight excluding hydrogens is 257 g/mol. The van der Waals surface area contributed by atoms with Gasteiger partial charge in [0.25, 0.3) is 0 Å². The van der Waals surface area contributed by atoms with Crippen LogP contribution < -0.4 is 10.0 Å². The number of hydrogen-bond acceptors (Lipinski definition) is 5. The molecule has 0 radical (unpaired) electrons. The number of methoxy groups -OCH3 is 1. The molecule has 0 bridgehead atoms. The molecule has 1 rings (SSSR count). The van der Waals surface area contributed by atoms with Crippen LogP contribution in [0.4, 0.5) is 0 Å². The van der Waals surface area contributed by atoms with Crippen LogP contribution >= 0.6 is 7.75 Å². The first kappa shape index (κ1) is 14.4. The molecule has 1 aromatic rings. The van der Waals surface area contributed by atoms with Crippen LogP contribution in [0.5, 0.6) is 5.75 Å². The second-order valence-electron chi connectivity index (χ2n) is 3.24. The topological polar surface area (TPSA) is 87.9 Å². The predicted octanol–water partition coefficient (Wildman–Crippen LogP) is 1.96. The van der Waals surface area contributed by atoms with E-state index in [2.05, 4.69) is 9.26 Å². The first-order chi connectivity index (χ1) is 8.46. The van der Waals surface area contributed by atoms with Gasteiger partial charge in [0, 0.05) is 13.2 Å². The van der Waals surface area contributed by atoms with Crippen LogP contribution in [0.2, 0.25) is 0 Å². The Hall–Kier alpha value is -1.62. The highest BCUT2D eigenvalue weighted by Gasteiger charge is 2.16. The molecule has 0 aliphatic heterocycles. The summed E-state index contributed by atoms with van der Waals surface area (Å²) in [7, 11) is -1.04. The zero-order valence-corrected chi connectivity index (χ0v) is 10.9. The number of carbonyl (C=O) groups excluding carboxylic acids is 1. The largest absolute Gasteiger partial charge is 0.466 e. The van der Waals surface area contributed by atoms with E-state index in [1.807, 2.05) is 0 Å². The van der Waals surface area contributed by atoms with Gasteiger partial charge in [0.2, 0.25) is 0 Å². The van der Waals surface area contributed by atoms with Gasteiger partial charge in [-0.1, -0.05) is 12.1 Å². The Labute approximate surface area is 105 Å². The Morgan fingerprint density at radius 3 is 2.39 bits per heavy atom. The SMILES string of the molecule is COC(=O)C=Cc1ccc(OP(N)(=O)OC)cc1. The highest BCUT2D eigenvalue weighted by atomic mass is 31.2. The van der Waals surface area contributed by atoms with Gasteiger partial charge < -0.3 is 9.26 Å². The van der Waals surface area contributed by atoms with Crippen LogP contribution in [-0.2, 0) is 18.6 Å². The van der Waals surface area contributed by atoms with E-state index in [9.17, 15) is 9.36 Å². The summed E-state index contributed by atoms with van der Waals surface area (Å²) in [6.07, 6.45) is 2.87. The van der Waals surface area contributed by atoms with Gasteiger partial charge >= 0.3 is 13.7 Å². The third kappa shape index (κ3) is 4.71. The molecule has 0 saturated carbocycles. The Kier molecular flexibility index (Phi) is 5.09. The number of benzene rings is 1. The molecule has 98 valence electrons. The average Bonchev–Trinajstić information content (AvgIpc) is 2.37. The van der Waals surface area contributed by atoms with Gasteiger partial charge in [0.1, 0.15) is 5.75 Å². The van der Waals surface area contributed by atoms with E-state index in [-0.39, 0.29) is 0 Å². The van der Waals surface area contributed by atoms with Crippen molar-refractivity contribution in [1.29, 1.82) is 0 Å². The molecule has 2 N–H and O–H groups in total. The maximum Gasteiger partial charge on any atom is 0.455 e. The summed E-state index contributed by atoms with van der Waals surface area (Å²) in [5.74, 6) is -0.126. The minimum Gasteiger partial charge on any atom is -0.466 e. The third-order valence-electron chi connectivity index (χ3n) is 1.98. The van der Waals surface area contributed by atoms with Crippen molar-refractivity contribution in [3.05, 3.63) is 35.9 Å². The molecule has 0 heterocycles. The molecule has 18 heavy (non-hydrogen) atoms. The molecule has 1 atom stereocenters. The predicted molar refractivity (Wildman–Crippen MR) is 66.9 cm³/mol. The Balaban J connectivity index is 2.72. The van der Waals surface area contributed by atoms with E-state index in [0.717, 1.165) is 5.56 Å². The van der Waals surface area contributed by atoms with Crippen molar-refractivity contribution in [1.82, 2.24) is 0 Å². The van der Waals surface area contributed by atoms with Gasteiger partial charge in [-0.05, 0) is 23.8 Å². The molecule has 0 saturated heterocycles. The number of carbonyl (C=O) groups is 1. The van der Waals surface area contributed by atoms with E-state index >= 15 is 0 Å². The van der Waals surface area contributed by atoms with E-state index in [0.29, 0.717) is 5.75 Å². The fourth-order valence-corrected chi connectivity index (χ4v) is 1.55. The summed E-state index contributed by atoms with van der Waals surface area (Å²) in [6.45, 7) is 0. The molecule has 1 unspecified atom stereocenters. The van der Waals surface area contributed by atoms with Crippen LogP contribution in [0.1, 0.15) is 5.56 Å². The van der Waals surface area contributed by atoms with Crippen molar-refractivity contribution in [2.24, 2.45) is 5.50 Å². The van der Waals surface area contributed by atoms with Gasteiger partial charge in [-0.25, -0.2) is 14.9 Å². The quantitative estimate of drug-likeness (QED) is 0.500. The van der Waals surface area contributed by atoms with Crippen molar-refractivity contribution in [3.63, 3.8) is 0 Å². The molecule has 0 amide bonds. The molecule has 0 fully saturated rings. The molecule has 0 aromatic heterocycles. The van der Waals surface area contributed by atoms with E-state index in [4.69, 9.17) is 10.0 Å². The molecule has 0 spiro atoms. The minimum atomic E-state index is -3.54. The fraction of sp³-hybridized carbons (Fsp3) is 0.182. The lowest BCUT2D eigenvalue weighted by molar-refractivity contribution is -0.134. The molecule has 6 nitrogen and oxygen atoms in total. The van der Waals surface area contributed by atoms with Crippen LogP contribution in [0.25, 0.3) is 6.08 Å². The van der Waals surface area contributed by atoms with Gasteiger partial charge in [0.15, 0.2) is 0 Å². The van der Waals surface area contributed by atoms with Crippen molar-refractivity contribution in [3.8, 4) is 5.75 Å². The van der Waals surface area contributed by atoms with Crippen molar-refractivity contribution in [2.45, 2.75) is 0 Å². The summed E-state index contributed by atoms with van der Waals surface area (Å²) in [5, 5.41) is 0. The standard InChI is InChI=1S/C11H14NO5P/c1-15-11(13)8-5-9-3-6-10(7-4-9)17-18(12,14)16-2/h3-8H,1-2H3,(H2,12,14). The number of ether oxygens (including phenoxy) is 1. The normalized spacial score (nSPS) is 14.2. The summed E-state index contributed by atoms with van der Waals surface area (Å²) in [6, 6.07) is 6.47. The summed E-state index contributed by atoms with van der Waals surface area (Å²) in [5.41, 5.74) is 6.00. The van der Waals surface area contributed by atoms with E-state index in [1.54, 1.807) is 30.3 Å². The van der Waals surface area contributed by atoms with Gasteiger partial charge in [-0.2, -0.15) is 0 Å². The summed E-state index contributed by atoms with van der Waals surface area (Å²) >= 11 is 0. The summed E-state index contributed by atoms with van der Waals surface area (Å²) in [4.78, 5) is 10.9. The average molecular weight is 271 g/mol. The highest BCUT2D eigenvalue weighted by molar-refractivity contribution is 7.51. The van der Waals surface area contributed by atoms with Gasteiger partial charge in [-0.3, -0.25) is 4.52 Å². The van der Waals surface area contributed by atoms with E-state index in [1.165, 1.54) is 20.3 Å². The van der Waals surface area contributed by atoms with Gasteiger partial charge in [-0.15, -0.1) is 0 Å². The minimum absolute atomic E-state index is 0.318. The maximum atomic E-state index is 11.3. The first-order valence-corrected chi connectivity index (χ1v) is 6.58. The smallest absolute Gasteiger partial charge is 0.455 e. The second kappa shape index (κ2) is 6.35. The molecular formula is C11H14NO5P. The Morgan fingerprint density at radius 1 is 1.28 bits per heavy atom. The number of nitrogens with two attached hydrogens (primary N) is 1. The molecule has 0 aliphatic rings. The van der Waals surface area contributed by atoms with E-state index < -0.39 is 13.7 Å². The van der Waals surface area contributed by atoms with Gasteiger partial charge in [0.05, 0.1) is 7.11 Å². The lowest BCUT2D eigenvalue weighted by Crippen LogP contribution is -2.03. The number of hydrogen-bond donors (Lipinski definition) is 1. The Bertz CT molecular complexity index is 483. The first-order valence-electron chi connectivity index (χ1n) is 4.97.